The number of nitrogens with one attached hydrogen (secondary N) is 1. The average Bonchev–Trinajstić information content (AvgIpc) is 3.09. The van der Waals surface area contributed by atoms with Crippen molar-refractivity contribution in [2.45, 2.75) is 46.5 Å². The highest BCUT2D eigenvalue weighted by Crippen LogP contribution is 2.31. The largest absolute Gasteiger partial charge is 0.378 e. The van der Waals surface area contributed by atoms with Gasteiger partial charge in [0.05, 0.1) is 25.3 Å². The van der Waals surface area contributed by atoms with E-state index in [0.717, 1.165) is 49.3 Å². The molecule has 26 heavy (non-hydrogen) atoms. The highest BCUT2D eigenvalue weighted by Gasteiger charge is 2.27. The molecular weight excluding hydrogens is 348 g/mol. The zero-order valence-corrected chi connectivity index (χ0v) is 16.8. The first-order valence-electron chi connectivity index (χ1n) is 9.65. The number of carbonyl (C=O) groups excluding carboxylic acids is 1. The van der Waals surface area contributed by atoms with Crippen LogP contribution >= 0.6 is 11.3 Å². The molecule has 7 heteroatoms. The first-order chi connectivity index (χ1) is 12.5. The molecule has 2 aliphatic rings. The Labute approximate surface area is 160 Å². The van der Waals surface area contributed by atoms with Gasteiger partial charge in [0.1, 0.15) is 0 Å². The van der Waals surface area contributed by atoms with E-state index in [1.807, 2.05) is 5.38 Å². The van der Waals surface area contributed by atoms with Crippen LogP contribution in [0, 0.1) is 17.8 Å². The number of amides is 1. The normalized spacial score (nSPS) is 25.7. The van der Waals surface area contributed by atoms with Gasteiger partial charge >= 0.3 is 0 Å². The lowest BCUT2D eigenvalue weighted by molar-refractivity contribution is -0.120. The summed E-state index contributed by atoms with van der Waals surface area (Å²) in [6.07, 6.45) is 3.68. The molecule has 3 rings (SSSR count). The van der Waals surface area contributed by atoms with Gasteiger partial charge in [0.15, 0.2) is 5.13 Å². The summed E-state index contributed by atoms with van der Waals surface area (Å²) in [5, 5.41) is 7.44. The quantitative estimate of drug-likeness (QED) is 0.800. The number of anilines is 1. The third-order valence-electron chi connectivity index (χ3n) is 5.25. The predicted molar refractivity (Wildman–Crippen MR) is 106 cm³/mol. The van der Waals surface area contributed by atoms with Gasteiger partial charge in [-0.1, -0.05) is 20.8 Å². The van der Waals surface area contributed by atoms with E-state index in [4.69, 9.17) is 4.74 Å². The smallest absolute Gasteiger partial charge is 0.246 e. The minimum absolute atomic E-state index is 0.0861. The Kier molecular flexibility index (Phi) is 6.64. The lowest BCUT2D eigenvalue weighted by Gasteiger charge is -2.30. The molecule has 1 amide bonds. The molecule has 1 saturated carbocycles. The third kappa shape index (κ3) is 5.04. The van der Waals surface area contributed by atoms with Crippen LogP contribution in [-0.2, 0) is 16.0 Å². The van der Waals surface area contributed by atoms with E-state index >= 15 is 0 Å². The number of carbonyl (C=O) groups is 1. The zero-order chi connectivity index (χ0) is 18.5. The maximum absolute atomic E-state index is 12.3. The lowest BCUT2D eigenvalue weighted by Crippen LogP contribution is -2.36. The number of aromatic nitrogens is 1. The first kappa shape index (κ1) is 19.3. The van der Waals surface area contributed by atoms with Crippen molar-refractivity contribution in [1.82, 2.24) is 10.4 Å². The van der Waals surface area contributed by atoms with Gasteiger partial charge in [-0.05, 0) is 31.1 Å². The number of hydrogen-bond acceptors (Lipinski definition) is 6. The van der Waals surface area contributed by atoms with E-state index in [-0.39, 0.29) is 12.3 Å². The summed E-state index contributed by atoms with van der Waals surface area (Å²) in [6.45, 7) is 9.94. The van der Waals surface area contributed by atoms with Crippen molar-refractivity contribution in [3.8, 4) is 0 Å². The maximum atomic E-state index is 12.3. The second-order valence-corrected chi connectivity index (χ2v) is 8.61. The Morgan fingerprint density at radius 1 is 1.42 bits per heavy atom. The van der Waals surface area contributed by atoms with E-state index in [2.05, 4.69) is 41.2 Å². The minimum atomic E-state index is -0.0861. The second-order valence-electron chi connectivity index (χ2n) is 7.77. The fourth-order valence-corrected chi connectivity index (χ4v) is 4.58. The van der Waals surface area contributed by atoms with E-state index in [0.29, 0.717) is 17.8 Å². The van der Waals surface area contributed by atoms with Gasteiger partial charge in [-0.25, -0.2) is 10.4 Å². The number of thiazole rings is 1. The molecule has 1 aliphatic heterocycles. The molecule has 144 valence electrons. The third-order valence-corrected chi connectivity index (χ3v) is 6.20. The standard InChI is InChI=1S/C19H30N4O2S/c1-13(2)16-5-4-14(3)10-17(16)21-22-18(24)11-15-12-26-19(20-15)23-6-8-25-9-7-23/h12-14,16H,4-11H2,1-3H3,(H,22,24)/t14-,16-/m0/s1. The molecule has 1 saturated heterocycles. The van der Waals surface area contributed by atoms with E-state index in [1.54, 1.807) is 11.3 Å². The van der Waals surface area contributed by atoms with Gasteiger partial charge in [-0.15, -0.1) is 11.3 Å². The Hall–Kier alpha value is -1.47. The Balaban J connectivity index is 1.55. The summed E-state index contributed by atoms with van der Waals surface area (Å²) in [7, 11) is 0. The molecule has 0 spiro atoms. The van der Waals surface area contributed by atoms with Crippen LogP contribution in [0.25, 0.3) is 0 Å². The highest BCUT2D eigenvalue weighted by atomic mass is 32.1. The van der Waals surface area contributed by atoms with Crippen molar-refractivity contribution in [1.29, 1.82) is 0 Å². The van der Waals surface area contributed by atoms with E-state index in [1.165, 1.54) is 12.8 Å². The van der Waals surface area contributed by atoms with Gasteiger partial charge in [-0.3, -0.25) is 4.79 Å². The zero-order valence-electron chi connectivity index (χ0n) is 16.0. The molecular formula is C19H30N4O2S. The second kappa shape index (κ2) is 8.95. The molecule has 2 fully saturated rings. The molecule has 0 bridgehead atoms. The van der Waals surface area contributed by atoms with Crippen LogP contribution in [0.3, 0.4) is 0 Å². The fourth-order valence-electron chi connectivity index (χ4n) is 3.70. The van der Waals surface area contributed by atoms with E-state index < -0.39 is 0 Å². The van der Waals surface area contributed by atoms with Crippen molar-refractivity contribution in [3.63, 3.8) is 0 Å². The molecule has 1 aromatic rings. The van der Waals surface area contributed by atoms with Gasteiger partial charge in [0.2, 0.25) is 5.91 Å². The Morgan fingerprint density at radius 3 is 2.92 bits per heavy atom. The topological polar surface area (TPSA) is 66.8 Å². The number of morpholine rings is 1. The van der Waals surface area contributed by atoms with Gasteiger partial charge in [-0.2, -0.15) is 5.10 Å². The lowest BCUT2D eigenvalue weighted by atomic mass is 9.76. The van der Waals surface area contributed by atoms with Gasteiger partial charge in [0, 0.05) is 30.1 Å². The van der Waals surface area contributed by atoms with Crippen LogP contribution in [0.2, 0.25) is 0 Å². The molecule has 0 aromatic carbocycles. The summed E-state index contributed by atoms with van der Waals surface area (Å²) in [4.78, 5) is 19.1. The number of hydrazone groups is 1. The molecule has 2 atom stereocenters. The molecule has 0 unspecified atom stereocenters. The van der Waals surface area contributed by atoms with E-state index in [9.17, 15) is 4.79 Å². The van der Waals surface area contributed by atoms with Crippen LogP contribution in [0.15, 0.2) is 10.5 Å². The highest BCUT2D eigenvalue weighted by molar-refractivity contribution is 7.13. The molecule has 2 heterocycles. The first-order valence-corrected chi connectivity index (χ1v) is 10.5. The molecule has 0 radical (unpaired) electrons. The SMILES string of the molecule is CC(C)[C@@H]1CC[C@H](C)CC1=NNC(=O)Cc1csc(N2CCOCC2)n1. The average molecular weight is 379 g/mol. The summed E-state index contributed by atoms with van der Waals surface area (Å²) < 4.78 is 5.37. The summed E-state index contributed by atoms with van der Waals surface area (Å²) >= 11 is 1.59. The van der Waals surface area contributed by atoms with Crippen molar-refractivity contribution in [3.05, 3.63) is 11.1 Å². The molecule has 6 nitrogen and oxygen atoms in total. The minimum Gasteiger partial charge on any atom is -0.378 e. The molecule has 1 N–H and O–H groups in total. The van der Waals surface area contributed by atoms with Crippen molar-refractivity contribution in [2.75, 3.05) is 31.2 Å². The van der Waals surface area contributed by atoms with Crippen LogP contribution in [0.1, 0.15) is 45.7 Å². The monoisotopic (exact) mass is 378 g/mol. The van der Waals surface area contributed by atoms with Crippen LogP contribution < -0.4 is 10.3 Å². The number of hydrogen-bond donors (Lipinski definition) is 1. The number of ether oxygens (including phenoxy) is 1. The Bertz CT molecular complexity index is 637. The Morgan fingerprint density at radius 2 is 2.19 bits per heavy atom. The number of nitrogens with zero attached hydrogens (tertiary/aromatic N) is 3. The number of rotatable bonds is 5. The van der Waals surface area contributed by atoms with Crippen LogP contribution in [0.5, 0.6) is 0 Å². The predicted octanol–water partition coefficient (Wildman–Crippen LogP) is 3.09. The molecule has 1 aliphatic carbocycles. The van der Waals surface area contributed by atoms with Crippen molar-refractivity contribution < 1.29 is 9.53 Å². The van der Waals surface area contributed by atoms with Crippen LogP contribution in [-0.4, -0.2) is 42.9 Å². The van der Waals surface area contributed by atoms with Gasteiger partial charge < -0.3 is 9.64 Å². The summed E-state index contributed by atoms with van der Waals surface area (Å²) in [5.41, 5.74) is 4.74. The van der Waals surface area contributed by atoms with Crippen molar-refractivity contribution in [2.24, 2.45) is 22.9 Å². The summed E-state index contributed by atoms with van der Waals surface area (Å²) in [5.74, 6) is 1.61. The maximum Gasteiger partial charge on any atom is 0.246 e. The van der Waals surface area contributed by atoms with Crippen molar-refractivity contribution >= 4 is 28.1 Å². The van der Waals surface area contributed by atoms with Gasteiger partial charge in [0.25, 0.3) is 0 Å². The molecule has 1 aromatic heterocycles. The van der Waals surface area contributed by atoms with Crippen LogP contribution in [0.4, 0.5) is 5.13 Å². The summed E-state index contributed by atoms with van der Waals surface area (Å²) in [6, 6.07) is 0. The fraction of sp³-hybridized carbons (Fsp3) is 0.737.